The predicted molar refractivity (Wildman–Crippen MR) is 68.0 cm³/mol. The zero-order chi connectivity index (χ0) is 13.4. The molecule has 1 atom stereocenters. The van der Waals surface area contributed by atoms with E-state index in [4.69, 9.17) is 9.26 Å². The molecule has 0 N–H and O–H groups in total. The fourth-order valence-corrected chi connectivity index (χ4v) is 2.47. The van der Waals surface area contributed by atoms with Gasteiger partial charge >= 0.3 is 0 Å². The Bertz CT molecular complexity index is 581. The van der Waals surface area contributed by atoms with Crippen molar-refractivity contribution in [3.63, 3.8) is 0 Å². The van der Waals surface area contributed by atoms with E-state index in [0.29, 0.717) is 18.9 Å². The molecule has 6 heteroatoms. The van der Waals surface area contributed by atoms with Crippen LogP contribution in [0.25, 0.3) is 0 Å². The van der Waals surface area contributed by atoms with E-state index in [1.165, 1.54) is 5.56 Å². The second-order valence-corrected chi connectivity index (χ2v) is 5.06. The lowest BCUT2D eigenvalue weighted by Crippen LogP contribution is -2.00. The van der Waals surface area contributed by atoms with Crippen LogP contribution in [0, 0.1) is 13.8 Å². The van der Waals surface area contributed by atoms with Crippen molar-refractivity contribution in [2.24, 2.45) is 7.05 Å². The van der Waals surface area contributed by atoms with Crippen molar-refractivity contribution < 1.29 is 9.26 Å². The van der Waals surface area contributed by atoms with Gasteiger partial charge in [-0.05, 0) is 20.3 Å². The Morgan fingerprint density at radius 3 is 2.84 bits per heavy atom. The summed E-state index contributed by atoms with van der Waals surface area (Å²) in [7, 11) is 1.95. The van der Waals surface area contributed by atoms with Crippen molar-refractivity contribution in [2.45, 2.75) is 32.6 Å². The van der Waals surface area contributed by atoms with Crippen LogP contribution in [0.2, 0.25) is 0 Å². The summed E-state index contributed by atoms with van der Waals surface area (Å²) in [5, 5.41) is 8.47. The molecule has 1 saturated heterocycles. The highest BCUT2D eigenvalue weighted by Gasteiger charge is 2.23. The lowest BCUT2D eigenvalue weighted by atomic mass is 10.1. The highest BCUT2D eigenvalue weighted by atomic mass is 16.5. The topological polar surface area (TPSA) is 66.0 Å². The molecule has 6 nitrogen and oxygen atoms in total. The predicted octanol–water partition coefficient (Wildman–Crippen LogP) is 1.51. The van der Waals surface area contributed by atoms with E-state index < -0.39 is 0 Å². The van der Waals surface area contributed by atoms with Gasteiger partial charge in [0, 0.05) is 30.8 Å². The van der Waals surface area contributed by atoms with Gasteiger partial charge in [-0.2, -0.15) is 10.1 Å². The minimum atomic E-state index is 0.286. The fraction of sp³-hybridized carbons (Fsp3) is 0.615. The lowest BCUT2D eigenvalue weighted by molar-refractivity contribution is 0.192. The smallest absolute Gasteiger partial charge is 0.231 e. The van der Waals surface area contributed by atoms with Crippen LogP contribution in [-0.4, -0.2) is 33.1 Å². The van der Waals surface area contributed by atoms with E-state index in [1.807, 2.05) is 18.7 Å². The Kier molecular flexibility index (Phi) is 3.10. The highest BCUT2D eigenvalue weighted by molar-refractivity contribution is 5.27. The summed E-state index contributed by atoms with van der Waals surface area (Å²) in [6.45, 7) is 5.54. The van der Waals surface area contributed by atoms with Crippen LogP contribution in [-0.2, 0) is 18.2 Å². The van der Waals surface area contributed by atoms with Crippen LogP contribution in [0.1, 0.15) is 41.0 Å². The quantitative estimate of drug-likeness (QED) is 0.839. The first-order valence-corrected chi connectivity index (χ1v) is 6.54. The molecule has 2 aromatic heterocycles. The number of ether oxygens (including phenoxy) is 1. The SMILES string of the molecule is Cc1nn(C)c(C)c1Cc1nc([C@H]2CCOC2)no1. The molecular formula is C13H18N4O2. The van der Waals surface area contributed by atoms with Gasteiger partial charge in [-0.15, -0.1) is 0 Å². The summed E-state index contributed by atoms with van der Waals surface area (Å²) in [4.78, 5) is 4.48. The number of nitrogens with zero attached hydrogens (tertiary/aromatic N) is 4. The first kappa shape index (κ1) is 12.3. The fourth-order valence-electron chi connectivity index (χ4n) is 2.47. The number of rotatable bonds is 3. The van der Waals surface area contributed by atoms with Gasteiger partial charge in [-0.3, -0.25) is 4.68 Å². The Morgan fingerprint density at radius 2 is 2.21 bits per heavy atom. The van der Waals surface area contributed by atoms with Gasteiger partial charge in [0.15, 0.2) is 5.82 Å². The van der Waals surface area contributed by atoms with E-state index in [2.05, 4.69) is 22.2 Å². The van der Waals surface area contributed by atoms with Gasteiger partial charge in [-0.25, -0.2) is 0 Å². The molecular weight excluding hydrogens is 244 g/mol. The molecule has 1 fully saturated rings. The molecule has 2 aromatic rings. The summed E-state index contributed by atoms with van der Waals surface area (Å²) in [5.74, 6) is 1.71. The Labute approximate surface area is 111 Å². The van der Waals surface area contributed by atoms with Crippen LogP contribution in [0.5, 0.6) is 0 Å². The molecule has 0 unspecified atom stereocenters. The second-order valence-electron chi connectivity index (χ2n) is 5.06. The first-order chi connectivity index (χ1) is 9.15. The zero-order valence-electron chi connectivity index (χ0n) is 11.5. The summed E-state index contributed by atoms with van der Waals surface area (Å²) in [5.41, 5.74) is 3.32. The van der Waals surface area contributed by atoms with Gasteiger partial charge in [0.1, 0.15) is 0 Å². The Morgan fingerprint density at radius 1 is 1.37 bits per heavy atom. The van der Waals surface area contributed by atoms with Crippen LogP contribution >= 0.6 is 0 Å². The molecule has 0 bridgehead atoms. The van der Waals surface area contributed by atoms with Gasteiger partial charge in [0.05, 0.1) is 18.7 Å². The van der Waals surface area contributed by atoms with Crippen LogP contribution in [0.4, 0.5) is 0 Å². The number of hydrogen-bond acceptors (Lipinski definition) is 5. The standard InChI is InChI=1S/C13H18N4O2/c1-8-11(9(2)17(3)15-8)6-12-14-13(16-19-12)10-4-5-18-7-10/h10H,4-7H2,1-3H3/t10-/m0/s1. The Hall–Kier alpha value is -1.69. The minimum Gasteiger partial charge on any atom is -0.381 e. The number of hydrogen-bond donors (Lipinski definition) is 0. The molecule has 3 heterocycles. The third-order valence-electron chi connectivity index (χ3n) is 3.77. The van der Waals surface area contributed by atoms with Crippen LogP contribution in [0.3, 0.4) is 0 Å². The molecule has 1 aliphatic rings. The summed E-state index contributed by atoms with van der Waals surface area (Å²) in [6.07, 6.45) is 1.62. The van der Waals surface area contributed by atoms with Crippen molar-refractivity contribution in [1.82, 2.24) is 19.9 Å². The third-order valence-corrected chi connectivity index (χ3v) is 3.77. The van der Waals surface area contributed by atoms with Gasteiger partial charge < -0.3 is 9.26 Å². The maximum absolute atomic E-state index is 5.35. The van der Waals surface area contributed by atoms with E-state index in [0.717, 1.165) is 30.2 Å². The minimum absolute atomic E-state index is 0.286. The largest absolute Gasteiger partial charge is 0.381 e. The van der Waals surface area contributed by atoms with Crippen LogP contribution < -0.4 is 0 Å². The molecule has 0 amide bonds. The molecule has 0 aliphatic carbocycles. The van der Waals surface area contributed by atoms with Crippen LogP contribution in [0.15, 0.2) is 4.52 Å². The third kappa shape index (κ3) is 2.28. The second kappa shape index (κ2) is 4.77. The van der Waals surface area contributed by atoms with Crippen molar-refractivity contribution in [3.05, 3.63) is 28.7 Å². The molecule has 0 spiro atoms. The molecule has 0 aromatic carbocycles. The summed E-state index contributed by atoms with van der Waals surface area (Å²) >= 11 is 0. The maximum atomic E-state index is 5.35. The highest BCUT2D eigenvalue weighted by Crippen LogP contribution is 2.23. The summed E-state index contributed by atoms with van der Waals surface area (Å²) in [6, 6.07) is 0. The first-order valence-electron chi connectivity index (χ1n) is 6.54. The summed E-state index contributed by atoms with van der Waals surface area (Å²) < 4.78 is 12.6. The van der Waals surface area contributed by atoms with Crippen molar-refractivity contribution in [3.8, 4) is 0 Å². The van der Waals surface area contributed by atoms with E-state index in [9.17, 15) is 0 Å². The van der Waals surface area contributed by atoms with Crippen molar-refractivity contribution >= 4 is 0 Å². The Balaban J connectivity index is 1.80. The number of aromatic nitrogens is 4. The van der Waals surface area contributed by atoms with E-state index >= 15 is 0 Å². The van der Waals surface area contributed by atoms with Gasteiger partial charge in [-0.1, -0.05) is 5.16 Å². The van der Waals surface area contributed by atoms with Crippen molar-refractivity contribution in [2.75, 3.05) is 13.2 Å². The normalized spacial score (nSPS) is 19.2. The monoisotopic (exact) mass is 262 g/mol. The lowest BCUT2D eigenvalue weighted by Gasteiger charge is -1.98. The average molecular weight is 262 g/mol. The van der Waals surface area contributed by atoms with Gasteiger partial charge in [0.25, 0.3) is 0 Å². The molecule has 19 heavy (non-hydrogen) atoms. The van der Waals surface area contributed by atoms with E-state index in [1.54, 1.807) is 0 Å². The molecule has 0 saturated carbocycles. The molecule has 0 radical (unpaired) electrons. The van der Waals surface area contributed by atoms with Crippen molar-refractivity contribution in [1.29, 1.82) is 0 Å². The average Bonchev–Trinajstić information content (AvgIpc) is 3.08. The molecule has 1 aliphatic heterocycles. The zero-order valence-corrected chi connectivity index (χ0v) is 11.5. The number of aryl methyl sites for hydroxylation is 2. The molecule has 3 rings (SSSR count). The van der Waals surface area contributed by atoms with E-state index in [-0.39, 0.29) is 5.92 Å². The maximum Gasteiger partial charge on any atom is 0.231 e. The molecule has 102 valence electrons. The van der Waals surface area contributed by atoms with Gasteiger partial charge in [0.2, 0.25) is 5.89 Å².